The Morgan fingerprint density at radius 3 is 2.38 bits per heavy atom. The van der Waals surface area contributed by atoms with Crippen LogP contribution in [0, 0.1) is 11.8 Å². The zero-order chi connectivity index (χ0) is 16.9. The smallest absolute Gasteiger partial charge is 0.220 e. The van der Waals surface area contributed by atoms with E-state index >= 15 is 0 Å². The van der Waals surface area contributed by atoms with Gasteiger partial charge in [-0.05, 0) is 50.3 Å². The maximum atomic E-state index is 12.5. The fraction of sp³-hybridized carbons (Fsp3) is 0.650. The summed E-state index contributed by atoms with van der Waals surface area (Å²) in [5.41, 5.74) is 1.19. The van der Waals surface area contributed by atoms with Gasteiger partial charge < -0.3 is 10.6 Å². The van der Waals surface area contributed by atoms with E-state index in [9.17, 15) is 4.79 Å². The van der Waals surface area contributed by atoms with Crippen molar-refractivity contribution in [2.75, 3.05) is 13.1 Å². The van der Waals surface area contributed by atoms with Gasteiger partial charge in [-0.1, -0.05) is 51.1 Å². The lowest BCUT2D eigenvalue weighted by molar-refractivity contribution is -0.123. The molecule has 1 amide bonds. The van der Waals surface area contributed by atoms with Crippen LogP contribution < -0.4 is 10.6 Å². The van der Waals surface area contributed by atoms with Crippen molar-refractivity contribution in [1.29, 1.82) is 0 Å². The van der Waals surface area contributed by atoms with Crippen LogP contribution in [0.4, 0.5) is 0 Å². The zero-order valence-electron chi connectivity index (χ0n) is 15.5. The fourth-order valence-corrected chi connectivity index (χ4v) is 3.47. The van der Waals surface area contributed by atoms with Crippen molar-refractivity contribution < 1.29 is 4.79 Å². The van der Waals surface area contributed by atoms with Crippen LogP contribution in [0.2, 0.25) is 0 Å². The van der Waals surface area contributed by atoms with E-state index in [1.165, 1.54) is 18.4 Å². The van der Waals surface area contributed by atoms with Gasteiger partial charge in [-0.2, -0.15) is 0 Å². The lowest BCUT2D eigenvalue weighted by atomic mass is 9.78. The quantitative estimate of drug-likeness (QED) is 0.814. The van der Waals surface area contributed by atoms with Gasteiger partial charge in [0.2, 0.25) is 5.91 Å². The van der Waals surface area contributed by atoms with Crippen LogP contribution >= 0.6 is 12.4 Å². The molecule has 1 aromatic rings. The van der Waals surface area contributed by atoms with E-state index in [4.69, 9.17) is 0 Å². The average Bonchev–Trinajstić information content (AvgIpc) is 2.56. The third-order valence-corrected chi connectivity index (χ3v) is 5.67. The van der Waals surface area contributed by atoms with Crippen LogP contribution in [0.3, 0.4) is 0 Å². The minimum atomic E-state index is -0.0745. The van der Waals surface area contributed by atoms with Crippen LogP contribution in [-0.2, 0) is 10.2 Å². The predicted molar refractivity (Wildman–Crippen MR) is 104 cm³/mol. The Hall–Kier alpha value is -1.06. The van der Waals surface area contributed by atoms with Gasteiger partial charge in [0.05, 0.1) is 0 Å². The van der Waals surface area contributed by atoms with Crippen molar-refractivity contribution in [1.82, 2.24) is 10.6 Å². The van der Waals surface area contributed by atoms with Gasteiger partial charge >= 0.3 is 0 Å². The largest absolute Gasteiger partial charge is 0.353 e. The monoisotopic (exact) mass is 352 g/mol. The first-order valence-corrected chi connectivity index (χ1v) is 8.97. The van der Waals surface area contributed by atoms with E-state index in [1.807, 2.05) is 6.07 Å². The maximum Gasteiger partial charge on any atom is 0.220 e. The SMILES string of the molecule is CC(CC(=O)NC(C)C(C)(C)c1ccccc1)C1CCNCC1.Cl. The Labute approximate surface area is 153 Å². The molecular weight excluding hydrogens is 320 g/mol. The lowest BCUT2D eigenvalue weighted by Gasteiger charge is -2.34. The first kappa shape index (κ1) is 21.0. The Bertz CT molecular complexity index is 498. The third kappa shape index (κ3) is 5.49. The molecule has 0 spiro atoms. The number of hydrogen-bond donors (Lipinski definition) is 2. The van der Waals surface area contributed by atoms with E-state index < -0.39 is 0 Å². The first-order chi connectivity index (χ1) is 10.9. The molecule has 0 aliphatic carbocycles. The van der Waals surface area contributed by atoms with Gasteiger partial charge in [0, 0.05) is 17.9 Å². The minimum absolute atomic E-state index is 0. The number of piperidine rings is 1. The molecule has 0 aromatic heterocycles. The van der Waals surface area contributed by atoms with Crippen molar-refractivity contribution in [3.05, 3.63) is 35.9 Å². The molecule has 1 aliphatic rings. The molecule has 3 nitrogen and oxygen atoms in total. The summed E-state index contributed by atoms with van der Waals surface area (Å²) in [6, 6.07) is 10.5. The highest BCUT2D eigenvalue weighted by Gasteiger charge is 2.30. The van der Waals surface area contributed by atoms with Crippen molar-refractivity contribution >= 4 is 18.3 Å². The molecule has 1 aliphatic heterocycles. The number of carbonyl (C=O) groups excluding carboxylic acids is 1. The topological polar surface area (TPSA) is 41.1 Å². The van der Waals surface area contributed by atoms with Gasteiger partial charge in [-0.25, -0.2) is 0 Å². The van der Waals surface area contributed by atoms with Crippen LogP contribution in [0.25, 0.3) is 0 Å². The van der Waals surface area contributed by atoms with E-state index in [2.05, 4.69) is 62.6 Å². The van der Waals surface area contributed by atoms with Crippen molar-refractivity contribution in [2.45, 2.75) is 58.4 Å². The lowest BCUT2D eigenvalue weighted by Crippen LogP contribution is -2.46. The Kier molecular flexibility index (Phi) is 8.24. The van der Waals surface area contributed by atoms with Crippen LogP contribution in [0.1, 0.15) is 52.5 Å². The third-order valence-electron chi connectivity index (χ3n) is 5.67. The van der Waals surface area contributed by atoms with E-state index in [0.29, 0.717) is 18.3 Å². The summed E-state index contributed by atoms with van der Waals surface area (Å²) in [7, 11) is 0. The second kappa shape index (κ2) is 9.43. The standard InChI is InChI=1S/C20H32N2O.ClH/c1-15(17-10-12-21-13-11-17)14-19(23)22-16(2)20(3,4)18-8-6-5-7-9-18;/h5-9,15-17,21H,10-14H2,1-4H3,(H,22,23);1H. The summed E-state index contributed by atoms with van der Waals surface area (Å²) in [5, 5.41) is 6.63. The molecule has 0 saturated carbocycles. The maximum absolute atomic E-state index is 12.5. The second-order valence-electron chi connectivity index (χ2n) is 7.65. The molecule has 1 fully saturated rings. The van der Waals surface area contributed by atoms with Gasteiger partial charge in [0.25, 0.3) is 0 Å². The van der Waals surface area contributed by atoms with E-state index in [-0.39, 0.29) is 29.8 Å². The molecule has 2 rings (SSSR count). The van der Waals surface area contributed by atoms with Crippen LogP contribution in [0.5, 0.6) is 0 Å². The molecule has 2 N–H and O–H groups in total. The number of halogens is 1. The summed E-state index contributed by atoms with van der Waals surface area (Å²) < 4.78 is 0. The van der Waals surface area contributed by atoms with Crippen molar-refractivity contribution in [3.8, 4) is 0 Å². The van der Waals surface area contributed by atoms with E-state index in [1.54, 1.807) is 0 Å². The molecule has 24 heavy (non-hydrogen) atoms. The molecule has 4 heteroatoms. The van der Waals surface area contributed by atoms with Crippen molar-refractivity contribution in [2.24, 2.45) is 11.8 Å². The average molecular weight is 353 g/mol. The molecular formula is C20H33ClN2O. The summed E-state index contributed by atoms with van der Waals surface area (Å²) in [5.74, 6) is 1.33. The van der Waals surface area contributed by atoms with E-state index in [0.717, 1.165) is 13.1 Å². The second-order valence-corrected chi connectivity index (χ2v) is 7.65. The summed E-state index contributed by atoms with van der Waals surface area (Å²) in [6.45, 7) is 10.9. The number of benzene rings is 1. The fourth-order valence-electron chi connectivity index (χ4n) is 3.47. The summed E-state index contributed by atoms with van der Waals surface area (Å²) in [6.07, 6.45) is 3.03. The highest BCUT2D eigenvalue weighted by molar-refractivity contribution is 5.85. The zero-order valence-corrected chi connectivity index (χ0v) is 16.3. The molecule has 2 unspecified atom stereocenters. The van der Waals surface area contributed by atoms with Gasteiger partial charge in [-0.3, -0.25) is 4.79 Å². The van der Waals surface area contributed by atoms with Crippen molar-refractivity contribution in [3.63, 3.8) is 0 Å². The number of carbonyl (C=O) groups is 1. The molecule has 0 bridgehead atoms. The van der Waals surface area contributed by atoms with Crippen LogP contribution in [-0.4, -0.2) is 25.0 Å². The molecule has 2 atom stereocenters. The summed E-state index contributed by atoms with van der Waals surface area (Å²) in [4.78, 5) is 12.5. The minimum Gasteiger partial charge on any atom is -0.353 e. The Balaban J connectivity index is 0.00000288. The predicted octanol–water partition coefficient (Wildman–Crippen LogP) is 3.92. The Morgan fingerprint density at radius 2 is 1.79 bits per heavy atom. The van der Waals surface area contributed by atoms with Gasteiger partial charge in [0.15, 0.2) is 0 Å². The molecule has 1 aromatic carbocycles. The van der Waals surface area contributed by atoms with Gasteiger partial charge in [-0.15, -0.1) is 12.4 Å². The number of amides is 1. The normalized spacial score (nSPS) is 18.3. The number of hydrogen-bond acceptors (Lipinski definition) is 2. The summed E-state index contributed by atoms with van der Waals surface area (Å²) >= 11 is 0. The first-order valence-electron chi connectivity index (χ1n) is 8.97. The Morgan fingerprint density at radius 1 is 1.21 bits per heavy atom. The molecule has 1 saturated heterocycles. The number of rotatable bonds is 6. The highest BCUT2D eigenvalue weighted by Crippen LogP contribution is 2.28. The molecule has 0 radical (unpaired) electrons. The molecule has 1 heterocycles. The highest BCUT2D eigenvalue weighted by atomic mass is 35.5. The number of nitrogens with one attached hydrogen (secondary N) is 2. The molecule has 136 valence electrons. The van der Waals surface area contributed by atoms with Crippen LogP contribution in [0.15, 0.2) is 30.3 Å². The van der Waals surface area contributed by atoms with Gasteiger partial charge in [0.1, 0.15) is 0 Å².